The molecule has 6 heteroatoms. The predicted octanol–water partition coefficient (Wildman–Crippen LogP) is 3.63. The van der Waals surface area contributed by atoms with Crippen LogP contribution in [0.25, 0.3) is 0 Å². The SMILES string of the molecule is CN(C(=O)c1cccc(C(=O)NC2CCCCC2CN)c1)c1ccccc1.Cl. The molecule has 0 saturated heterocycles. The highest BCUT2D eigenvalue weighted by Crippen LogP contribution is 2.24. The Bertz CT molecular complexity index is 797. The average Bonchev–Trinajstić information content (AvgIpc) is 2.73. The van der Waals surface area contributed by atoms with Gasteiger partial charge in [-0.3, -0.25) is 9.59 Å². The highest BCUT2D eigenvalue weighted by atomic mass is 35.5. The van der Waals surface area contributed by atoms with Gasteiger partial charge in [0.2, 0.25) is 0 Å². The molecule has 2 amide bonds. The topological polar surface area (TPSA) is 75.4 Å². The Balaban J connectivity index is 0.00000280. The van der Waals surface area contributed by atoms with Crippen LogP contribution in [0, 0.1) is 5.92 Å². The van der Waals surface area contributed by atoms with Crippen molar-refractivity contribution in [2.24, 2.45) is 11.7 Å². The van der Waals surface area contributed by atoms with Crippen molar-refractivity contribution in [1.29, 1.82) is 0 Å². The first-order chi connectivity index (χ1) is 13.1. The highest BCUT2D eigenvalue weighted by Gasteiger charge is 2.26. The van der Waals surface area contributed by atoms with Gasteiger partial charge in [-0.2, -0.15) is 0 Å². The first kappa shape index (κ1) is 21.9. The zero-order valence-corrected chi connectivity index (χ0v) is 17.0. The molecule has 0 aliphatic heterocycles. The Hall–Kier alpha value is -2.37. The third-order valence-electron chi connectivity index (χ3n) is 5.35. The van der Waals surface area contributed by atoms with Crippen molar-refractivity contribution in [1.82, 2.24) is 5.32 Å². The molecule has 2 aromatic carbocycles. The normalized spacial score (nSPS) is 18.6. The van der Waals surface area contributed by atoms with Crippen LogP contribution in [-0.4, -0.2) is 31.4 Å². The minimum Gasteiger partial charge on any atom is -0.349 e. The number of nitrogens with zero attached hydrogens (tertiary/aromatic N) is 1. The molecule has 0 spiro atoms. The molecular weight excluding hydrogens is 374 g/mol. The molecule has 3 N–H and O–H groups in total. The summed E-state index contributed by atoms with van der Waals surface area (Å²) in [6, 6.07) is 16.5. The van der Waals surface area contributed by atoms with Gasteiger partial charge in [-0.05, 0) is 55.6 Å². The van der Waals surface area contributed by atoms with E-state index < -0.39 is 0 Å². The van der Waals surface area contributed by atoms with Crippen molar-refractivity contribution in [2.45, 2.75) is 31.7 Å². The summed E-state index contributed by atoms with van der Waals surface area (Å²) in [7, 11) is 1.73. The van der Waals surface area contributed by atoms with Crippen molar-refractivity contribution >= 4 is 29.9 Å². The molecule has 3 rings (SSSR count). The molecule has 1 aliphatic rings. The summed E-state index contributed by atoms with van der Waals surface area (Å²) >= 11 is 0. The van der Waals surface area contributed by atoms with Gasteiger partial charge in [-0.25, -0.2) is 0 Å². The van der Waals surface area contributed by atoms with Crippen LogP contribution >= 0.6 is 12.4 Å². The monoisotopic (exact) mass is 401 g/mol. The standard InChI is InChI=1S/C22H27N3O2.ClH/c1-25(19-11-3-2-4-12-19)22(27)17-10-7-9-16(14-17)21(26)24-20-13-6-5-8-18(20)15-23;/h2-4,7,9-12,14,18,20H,5-6,8,13,15,23H2,1H3,(H,24,26);1H. The van der Waals surface area contributed by atoms with Crippen LogP contribution in [0.4, 0.5) is 5.69 Å². The first-order valence-electron chi connectivity index (χ1n) is 9.54. The maximum Gasteiger partial charge on any atom is 0.258 e. The molecule has 2 unspecified atom stereocenters. The quantitative estimate of drug-likeness (QED) is 0.803. The molecule has 0 bridgehead atoms. The molecule has 0 heterocycles. The lowest BCUT2D eigenvalue weighted by atomic mass is 9.84. The number of carbonyl (C=O) groups excluding carboxylic acids is 2. The fraction of sp³-hybridized carbons (Fsp3) is 0.364. The summed E-state index contributed by atoms with van der Waals surface area (Å²) in [5, 5.41) is 3.12. The summed E-state index contributed by atoms with van der Waals surface area (Å²) in [6.07, 6.45) is 4.30. The molecule has 2 aromatic rings. The van der Waals surface area contributed by atoms with Crippen LogP contribution in [0.15, 0.2) is 54.6 Å². The van der Waals surface area contributed by atoms with Crippen LogP contribution in [-0.2, 0) is 0 Å². The van der Waals surface area contributed by atoms with Crippen LogP contribution in [0.1, 0.15) is 46.4 Å². The fourth-order valence-electron chi connectivity index (χ4n) is 3.69. The van der Waals surface area contributed by atoms with E-state index >= 15 is 0 Å². The number of anilines is 1. The number of para-hydroxylation sites is 1. The largest absolute Gasteiger partial charge is 0.349 e. The van der Waals surface area contributed by atoms with E-state index in [2.05, 4.69) is 5.32 Å². The molecule has 28 heavy (non-hydrogen) atoms. The van der Waals surface area contributed by atoms with Crippen LogP contribution < -0.4 is 16.0 Å². The lowest BCUT2D eigenvalue weighted by Gasteiger charge is -2.31. The Morgan fingerprint density at radius 1 is 1.04 bits per heavy atom. The zero-order valence-electron chi connectivity index (χ0n) is 16.1. The second-order valence-corrected chi connectivity index (χ2v) is 7.14. The zero-order chi connectivity index (χ0) is 19.2. The second kappa shape index (κ2) is 10.2. The molecule has 0 aromatic heterocycles. The van der Waals surface area contributed by atoms with Crippen LogP contribution in [0.2, 0.25) is 0 Å². The number of nitrogens with two attached hydrogens (primary N) is 1. The highest BCUT2D eigenvalue weighted by molar-refractivity contribution is 6.07. The van der Waals surface area contributed by atoms with Gasteiger partial charge in [0.25, 0.3) is 11.8 Å². The maximum atomic E-state index is 12.8. The number of rotatable bonds is 5. The number of nitrogens with one attached hydrogen (secondary N) is 1. The summed E-state index contributed by atoms with van der Waals surface area (Å²) in [5.74, 6) is 0.0439. The molecule has 150 valence electrons. The first-order valence-corrected chi connectivity index (χ1v) is 9.54. The van der Waals surface area contributed by atoms with E-state index in [-0.39, 0.29) is 30.3 Å². The van der Waals surface area contributed by atoms with E-state index in [4.69, 9.17) is 5.73 Å². The van der Waals surface area contributed by atoms with E-state index in [1.165, 1.54) is 6.42 Å². The predicted molar refractivity (Wildman–Crippen MR) is 115 cm³/mol. The van der Waals surface area contributed by atoms with Gasteiger partial charge in [0.05, 0.1) is 0 Å². The van der Waals surface area contributed by atoms with Crippen molar-refractivity contribution in [2.75, 3.05) is 18.5 Å². The number of benzene rings is 2. The number of carbonyl (C=O) groups is 2. The Labute approximate surface area is 172 Å². The smallest absolute Gasteiger partial charge is 0.258 e. The van der Waals surface area contributed by atoms with Crippen molar-refractivity contribution in [3.05, 3.63) is 65.7 Å². The third-order valence-corrected chi connectivity index (χ3v) is 5.35. The van der Waals surface area contributed by atoms with E-state index in [1.807, 2.05) is 30.3 Å². The molecule has 5 nitrogen and oxygen atoms in total. The Morgan fingerprint density at radius 2 is 1.71 bits per heavy atom. The number of hydrogen-bond acceptors (Lipinski definition) is 3. The Kier molecular flexibility index (Phi) is 8.03. The van der Waals surface area contributed by atoms with Gasteiger partial charge >= 0.3 is 0 Å². The lowest BCUT2D eigenvalue weighted by molar-refractivity contribution is 0.0908. The second-order valence-electron chi connectivity index (χ2n) is 7.14. The average molecular weight is 402 g/mol. The molecule has 2 atom stereocenters. The minimum absolute atomic E-state index is 0. The van der Waals surface area contributed by atoms with Crippen LogP contribution in [0.3, 0.4) is 0 Å². The number of halogens is 1. The van der Waals surface area contributed by atoms with E-state index in [1.54, 1.807) is 36.2 Å². The molecule has 0 radical (unpaired) electrons. The van der Waals surface area contributed by atoms with Gasteiger partial charge in [0, 0.05) is 29.9 Å². The Morgan fingerprint density at radius 3 is 2.43 bits per heavy atom. The minimum atomic E-state index is -0.145. The molecule has 1 fully saturated rings. The molecule has 1 aliphatic carbocycles. The van der Waals surface area contributed by atoms with Crippen molar-refractivity contribution < 1.29 is 9.59 Å². The van der Waals surface area contributed by atoms with Crippen molar-refractivity contribution in [3.8, 4) is 0 Å². The van der Waals surface area contributed by atoms with Crippen molar-refractivity contribution in [3.63, 3.8) is 0 Å². The number of amides is 2. The van der Waals surface area contributed by atoms with Gasteiger partial charge in [-0.15, -0.1) is 12.4 Å². The maximum absolute atomic E-state index is 12.8. The molecule has 1 saturated carbocycles. The van der Waals surface area contributed by atoms with Gasteiger partial charge in [0.1, 0.15) is 0 Å². The number of hydrogen-bond donors (Lipinski definition) is 2. The summed E-state index contributed by atoms with van der Waals surface area (Å²) < 4.78 is 0. The fourth-order valence-corrected chi connectivity index (χ4v) is 3.69. The van der Waals surface area contributed by atoms with Gasteiger partial charge < -0.3 is 16.0 Å². The summed E-state index contributed by atoms with van der Waals surface area (Å²) in [5.41, 5.74) is 7.67. The van der Waals surface area contributed by atoms with Crippen LogP contribution in [0.5, 0.6) is 0 Å². The van der Waals surface area contributed by atoms with Gasteiger partial charge in [0.15, 0.2) is 0 Å². The van der Waals surface area contributed by atoms with E-state index in [0.717, 1.165) is 24.9 Å². The van der Waals surface area contributed by atoms with E-state index in [9.17, 15) is 9.59 Å². The summed E-state index contributed by atoms with van der Waals surface area (Å²) in [4.78, 5) is 27.1. The third kappa shape index (κ3) is 5.12. The lowest BCUT2D eigenvalue weighted by Crippen LogP contribution is -2.44. The summed E-state index contributed by atoms with van der Waals surface area (Å²) in [6.45, 7) is 0.589. The van der Waals surface area contributed by atoms with Gasteiger partial charge in [-0.1, -0.05) is 37.1 Å². The molecular formula is C22H28ClN3O2. The van der Waals surface area contributed by atoms with E-state index in [0.29, 0.717) is 23.6 Å².